The smallest absolute Gasteiger partial charge is 0.251 e. The molecule has 6 nitrogen and oxygen atoms in total. The first kappa shape index (κ1) is 17.0. The SMILES string of the molecule is CC(=O)SCC(=O)N1CCCCN1C(=O)CSC(C)=O. The fraction of sp³-hybridized carbons (Fsp3) is 0.667. The Hall–Kier alpha value is -1.02. The maximum absolute atomic E-state index is 12.0. The zero-order valence-electron chi connectivity index (χ0n) is 11.6. The molecule has 1 aliphatic heterocycles. The molecule has 1 aliphatic rings. The van der Waals surface area contributed by atoms with Gasteiger partial charge < -0.3 is 0 Å². The fourth-order valence-electron chi connectivity index (χ4n) is 1.76. The van der Waals surface area contributed by atoms with Gasteiger partial charge in [0.2, 0.25) is 0 Å². The predicted octanol–water partition coefficient (Wildman–Crippen LogP) is 0.912. The van der Waals surface area contributed by atoms with Crippen LogP contribution in [0, 0.1) is 0 Å². The van der Waals surface area contributed by atoms with Crippen LogP contribution >= 0.6 is 23.5 Å². The molecule has 1 fully saturated rings. The molecule has 0 aromatic rings. The second kappa shape index (κ2) is 8.31. The normalized spacial score (nSPS) is 15.1. The molecular formula is C12H18N2O4S2. The van der Waals surface area contributed by atoms with E-state index in [2.05, 4.69) is 0 Å². The monoisotopic (exact) mass is 318 g/mol. The summed E-state index contributed by atoms with van der Waals surface area (Å²) < 4.78 is 0. The third-order valence-electron chi connectivity index (χ3n) is 2.65. The molecule has 0 N–H and O–H groups in total. The highest BCUT2D eigenvalue weighted by atomic mass is 32.2. The van der Waals surface area contributed by atoms with Crippen molar-refractivity contribution in [1.29, 1.82) is 0 Å². The highest BCUT2D eigenvalue weighted by molar-refractivity contribution is 8.14. The van der Waals surface area contributed by atoms with Gasteiger partial charge in [0.05, 0.1) is 11.5 Å². The summed E-state index contributed by atoms with van der Waals surface area (Å²) in [4.78, 5) is 45.9. The Labute approximate surface area is 126 Å². The molecule has 0 aliphatic carbocycles. The Morgan fingerprint density at radius 1 is 0.800 bits per heavy atom. The standard InChI is InChI=1S/C12H18N2O4S2/c1-9(15)19-7-11(17)13-5-3-4-6-14(13)12(18)8-20-10(2)16/h3-8H2,1-2H3. The van der Waals surface area contributed by atoms with Crippen LogP contribution in [0.1, 0.15) is 26.7 Å². The van der Waals surface area contributed by atoms with Crippen LogP contribution in [0.2, 0.25) is 0 Å². The number of hydrogen-bond acceptors (Lipinski definition) is 6. The minimum atomic E-state index is -0.244. The Balaban J connectivity index is 2.61. The Kier molecular flexibility index (Phi) is 7.08. The lowest BCUT2D eigenvalue weighted by molar-refractivity contribution is -0.164. The van der Waals surface area contributed by atoms with Crippen LogP contribution in [0.4, 0.5) is 0 Å². The van der Waals surface area contributed by atoms with Crippen molar-refractivity contribution >= 4 is 45.6 Å². The van der Waals surface area contributed by atoms with E-state index in [4.69, 9.17) is 0 Å². The lowest BCUT2D eigenvalue weighted by Gasteiger charge is -2.38. The number of carbonyl (C=O) groups is 4. The van der Waals surface area contributed by atoms with Crippen molar-refractivity contribution in [3.8, 4) is 0 Å². The van der Waals surface area contributed by atoms with Gasteiger partial charge in [-0.2, -0.15) is 0 Å². The van der Waals surface area contributed by atoms with E-state index in [0.29, 0.717) is 13.1 Å². The zero-order chi connectivity index (χ0) is 15.1. The molecule has 1 rings (SSSR count). The maximum Gasteiger partial charge on any atom is 0.251 e. The second-order valence-electron chi connectivity index (χ2n) is 4.30. The average Bonchev–Trinajstić information content (AvgIpc) is 2.42. The van der Waals surface area contributed by atoms with E-state index in [1.54, 1.807) is 0 Å². The highest BCUT2D eigenvalue weighted by Crippen LogP contribution is 2.15. The van der Waals surface area contributed by atoms with Crippen LogP contribution in [0.15, 0.2) is 0 Å². The van der Waals surface area contributed by atoms with E-state index in [-0.39, 0.29) is 33.6 Å². The number of hydrazine groups is 1. The minimum Gasteiger partial charge on any atom is -0.288 e. The number of thioether (sulfide) groups is 2. The van der Waals surface area contributed by atoms with Gasteiger partial charge in [0.15, 0.2) is 10.2 Å². The van der Waals surface area contributed by atoms with Crippen molar-refractivity contribution in [2.24, 2.45) is 0 Å². The molecule has 0 unspecified atom stereocenters. The first-order chi connectivity index (χ1) is 9.41. The molecule has 0 aromatic heterocycles. The van der Waals surface area contributed by atoms with Gasteiger partial charge in [-0.1, -0.05) is 23.5 Å². The highest BCUT2D eigenvalue weighted by Gasteiger charge is 2.28. The molecule has 8 heteroatoms. The van der Waals surface area contributed by atoms with Gasteiger partial charge in [-0.25, -0.2) is 0 Å². The molecule has 0 saturated carbocycles. The van der Waals surface area contributed by atoms with Gasteiger partial charge >= 0.3 is 0 Å². The lowest BCUT2D eigenvalue weighted by Crippen LogP contribution is -2.54. The number of carbonyl (C=O) groups excluding carboxylic acids is 4. The van der Waals surface area contributed by atoms with E-state index in [0.717, 1.165) is 36.4 Å². The van der Waals surface area contributed by atoms with Gasteiger partial charge in [-0.05, 0) is 12.8 Å². The summed E-state index contributed by atoms with van der Waals surface area (Å²) in [6.07, 6.45) is 1.67. The van der Waals surface area contributed by atoms with Crippen LogP contribution in [-0.4, -0.2) is 56.7 Å². The Morgan fingerprint density at radius 2 is 1.15 bits per heavy atom. The van der Waals surface area contributed by atoms with E-state index >= 15 is 0 Å². The second-order valence-corrected chi connectivity index (χ2v) is 6.61. The van der Waals surface area contributed by atoms with E-state index < -0.39 is 0 Å². The summed E-state index contributed by atoms with van der Waals surface area (Å²) in [5.41, 5.74) is 0. The van der Waals surface area contributed by atoms with Gasteiger partial charge in [0.1, 0.15) is 0 Å². The van der Waals surface area contributed by atoms with Crippen molar-refractivity contribution in [1.82, 2.24) is 10.0 Å². The topological polar surface area (TPSA) is 74.8 Å². The van der Waals surface area contributed by atoms with Gasteiger partial charge in [-0.15, -0.1) is 0 Å². The molecular weight excluding hydrogens is 300 g/mol. The molecule has 0 bridgehead atoms. The lowest BCUT2D eigenvalue weighted by atomic mass is 10.2. The summed E-state index contributed by atoms with van der Waals surface area (Å²) in [5, 5.41) is 2.56. The third kappa shape index (κ3) is 5.54. The van der Waals surface area contributed by atoms with Crippen LogP contribution in [0.25, 0.3) is 0 Å². The van der Waals surface area contributed by atoms with Crippen molar-refractivity contribution in [3.63, 3.8) is 0 Å². The van der Waals surface area contributed by atoms with Crippen LogP contribution < -0.4 is 0 Å². The molecule has 1 heterocycles. The Morgan fingerprint density at radius 3 is 1.45 bits per heavy atom. The van der Waals surface area contributed by atoms with Crippen LogP contribution in [0.3, 0.4) is 0 Å². The summed E-state index contributed by atoms with van der Waals surface area (Å²) in [7, 11) is 0. The number of amides is 2. The van der Waals surface area contributed by atoms with Crippen molar-refractivity contribution in [2.75, 3.05) is 24.6 Å². The van der Waals surface area contributed by atoms with Crippen molar-refractivity contribution < 1.29 is 19.2 Å². The third-order valence-corrected chi connectivity index (χ3v) is 4.25. The molecule has 0 radical (unpaired) electrons. The van der Waals surface area contributed by atoms with Gasteiger partial charge in [0, 0.05) is 26.9 Å². The van der Waals surface area contributed by atoms with Gasteiger partial charge in [0.25, 0.3) is 11.8 Å². The first-order valence-corrected chi connectivity index (χ1v) is 8.26. The fourth-order valence-corrected chi connectivity index (χ4v) is 2.71. The first-order valence-electron chi connectivity index (χ1n) is 6.29. The average molecular weight is 318 g/mol. The van der Waals surface area contributed by atoms with Crippen LogP contribution in [0.5, 0.6) is 0 Å². The van der Waals surface area contributed by atoms with Crippen molar-refractivity contribution in [3.05, 3.63) is 0 Å². The van der Waals surface area contributed by atoms with E-state index in [1.807, 2.05) is 0 Å². The maximum atomic E-state index is 12.0. The number of rotatable bonds is 4. The van der Waals surface area contributed by atoms with E-state index in [9.17, 15) is 19.2 Å². The molecule has 1 saturated heterocycles. The largest absolute Gasteiger partial charge is 0.288 e. The summed E-state index contributed by atoms with van der Waals surface area (Å²) in [6.45, 7) is 3.77. The predicted molar refractivity (Wildman–Crippen MR) is 78.9 cm³/mol. The molecule has 20 heavy (non-hydrogen) atoms. The quantitative estimate of drug-likeness (QED) is 0.767. The minimum absolute atomic E-state index is 0.0406. The van der Waals surface area contributed by atoms with E-state index in [1.165, 1.54) is 23.9 Å². The number of nitrogens with zero attached hydrogens (tertiary/aromatic N) is 2. The number of hydrogen-bond donors (Lipinski definition) is 0. The van der Waals surface area contributed by atoms with Crippen LogP contribution in [-0.2, 0) is 19.2 Å². The molecule has 0 aromatic carbocycles. The molecule has 0 atom stereocenters. The van der Waals surface area contributed by atoms with Crippen molar-refractivity contribution in [2.45, 2.75) is 26.7 Å². The Bertz CT molecular complexity index is 376. The molecule has 0 spiro atoms. The summed E-state index contributed by atoms with van der Waals surface area (Å²) in [5.74, 6) is -0.407. The summed E-state index contributed by atoms with van der Waals surface area (Å²) >= 11 is 1.88. The van der Waals surface area contributed by atoms with Gasteiger partial charge in [-0.3, -0.25) is 29.2 Å². The zero-order valence-corrected chi connectivity index (χ0v) is 13.2. The summed E-state index contributed by atoms with van der Waals surface area (Å²) in [6, 6.07) is 0. The molecule has 112 valence electrons. The molecule has 2 amide bonds.